The van der Waals surface area contributed by atoms with E-state index >= 15 is 0 Å². The van der Waals surface area contributed by atoms with Gasteiger partial charge in [-0.3, -0.25) is 10.1 Å². The SMILES string of the molecule is CCC(O)C(C(O)CC)(C(O)CC)[N+](=O)[O-]. The van der Waals surface area contributed by atoms with Crippen LogP contribution in [0.2, 0.25) is 0 Å². The van der Waals surface area contributed by atoms with Crippen LogP contribution in [-0.2, 0) is 0 Å². The molecule has 3 atom stereocenters. The van der Waals surface area contributed by atoms with Crippen LogP contribution in [0.3, 0.4) is 0 Å². The predicted octanol–water partition coefficient (Wildman–Crippen LogP) is 0.315. The number of nitro groups is 1. The van der Waals surface area contributed by atoms with Gasteiger partial charge in [-0.2, -0.15) is 0 Å². The zero-order valence-corrected chi connectivity index (χ0v) is 9.96. The standard InChI is InChI=1S/C10H21NO5/c1-4-7(12)10(11(15)16,8(13)5-2)9(14)6-3/h7-9,12-14H,4-6H2,1-3H3. The van der Waals surface area contributed by atoms with Gasteiger partial charge in [0, 0.05) is 4.92 Å². The summed E-state index contributed by atoms with van der Waals surface area (Å²) in [5, 5.41) is 40.5. The first kappa shape index (κ1) is 15.3. The second-order valence-corrected chi connectivity index (χ2v) is 3.92. The average Bonchev–Trinajstić information content (AvgIpc) is 2.28. The molecule has 3 unspecified atom stereocenters. The third kappa shape index (κ3) is 2.34. The van der Waals surface area contributed by atoms with Crippen LogP contribution in [0.5, 0.6) is 0 Å². The first-order valence-corrected chi connectivity index (χ1v) is 5.58. The van der Waals surface area contributed by atoms with Crippen LogP contribution >= 0.6 is 0 Å². The summed E-state index contributed by atoms with van der Waals surface area (Å²) in [7, 11) is 0. The quantitative estimate of drug-likeness (QED) is 0.435. The van der Waals surface area contributed by atoms with Crippen LogP contribution in [0.4, 0.5) is 0 Å². The van der Waals surface area contributed by atoms with Gasteiger partial charge in [-0.15, -0.1) is 0 Å². The van der Waals surface area contributed by atoms with E-state index in [4.69, 9.17) is 0 Å². The summed E-state index contributed by atoms with van der Waals surface area (Å²) in [6.07, 6.45) is -3.79. The smallest absolute Gasteiger partial charge is 0.297 e. The summed E-state index contributed by atoms with van der Waals surface area (Å²) in [5.41, 5.74) is -2.09. The van der Waals surface area contributed by atoms with Gasteiger partial charge < -0.3 is 15.3 Å². The number of aliphatic hydroxyl groups excluding tert-OH is 3. The van der Waals surface area contributed by atoms with Crippen molar-refractivity contribution in [2.24, 2.45) is 0 Å². The Labute approximate surface area is 95.1 Å². The van der Waals surface area contributed by atoms with Gasteiger partial charge in [-0.25, -0.2) is 0 Å². The lowest BCUT2D eigenvalue weighted by molar-refractivity contribution is -0.609. The van der Waals surface area contributed by atoms with Crippen molar-refractivity contribution < 1.29 is 20.2 Å². The Morgan fingerprint density at radius 3 is 1.38 bits per heavy atom. The topological polar surface area (TPSA) is 104 Å². The van der Waals surface area contributed by atoms with Crippen molar-refractivity contribution in [3.05, 3.63) is 10.1 Å². The Bertz CT molecular complexity index is 207. The van der Waals surface area contributed by atoms with Crippen molar-refractivity contribution in [3.63, 3.8) is 0 Å². The Hall–Kier alpha value is -0.720. The molecule has 0 aromatic carbocycles. The molecule has 0 heterocycles. The summed E-state index contributed by atoms with van der Waals surface area (Å²) >= 11 is 0. The summed E-state index contributed by atoms with van der Waals surface area (Å²) in [6.45, 7) is 4.73. The normalized spacial score (nSPS) is 20.9. The lowest BCUT2D eigenvalue weighted by atomic mass is 9.78. The van der Waals surface area contributed by atoms with Crippen molar-refractivity contribution in [1.29, 1.82) is 0 Å². The Balaban J connectivity index is 5.48. The second-order valence-electron chi connectivity index (χ2n) is 3.92. The van der Waals surface area contributed by atoms with Crippen molar-refractivity contribution in [3.8, 4) is 0 Å². The molecule has 16 heavy (non-hydrogen) atoms. The maximum Gasteiger partial charge on any atom is 0.297 e. The number of aliphatic hydroxyl groups is 3. The van der Waals surface area contributed by atoms with Crippen molar-refractivity contribution >= 4 is 0 Å². The second kappa shape index (κ2) is 6.12. The average molecular weight is 235 g/mol. The molecule has 0 aliphatic heterocycles. The molecule has 0 aliphatic carbocycles. The fourth-order valence-corrected chi connectivity index (χ4v) is 2.01. The zero-order chi connectivity index (χ0) is 12.9. The largest absolute Gasteiger partial charge is 0.385 e. The Morgan fingerprint density at radius 1 is 1.00 bits per heavy atom. The number of hydrogen-bond donors (Lipinski definition) is 3. The van der Waals surface area contributed by atoms with E-state index in [-0.39, 0.29) is 19.3 Å². The van der Waals surface area contributed by atoms with Crippen LogP contribution < -0.4 is 0 Å². The van der Waals surface area contributed by atoms with E-state index in [9.17, 15) is 25.4 Å². The minimum absolute atomic E-state index is 0.106. The molecule has 0 bridgehead atoms. The summed E-state index contributed by atoms with van der Waals surface area (Å²) in [6, 6.07) is 0. The summed E-state index contributed by atoms with van der Waals surface area (Å²) in [4.78, 5) is 10.4. The first-order valence-electron chi connectivity index (χ1n) is 5.58. The molecule has 0 saturated carbocycles. The van der Waals surface area contributed by atoms with Gasteiger partial charge in [0.25, 0.3) is 5.54 Å². The lowest BCUT2D eigenvalue weighted by Crippen LogP contribution is -2.64. The molecular formula is C10H21NO5. The maximum absolute atomic E-state index is 11.1. The molecule has 0 amide bonds. The molecule has 0 rings (SSSR count). The van der Waals surface area contributed by atoms with E-state index in [2.05, 4.69) is 0 Å². The summed E-state index contributed by atoms with van der Waals surface area (Å²) < 4.78 is 0. The highest BCUT2D eigenvalue weighted by Crippen LogP contribution is 2.30. The third-order valence-corrected chi connectivity index (χ3v) is 3.08. The van der Waals surface area contributed by atoms with Crippen molar-refractivity contribution in [1.82, 2.24) is 0 Å². The highest BCUT2D eigenvalue weighted by Gasteiger charge is 2.59. The van der Waals surface area contributed by atoms with E-state index < -0.39 is 28.8 Å². The van der Waals surface area contributed by atoms with Gasteiger partial charge in [-0.05, 0) is 19.3 Å². The van der Waals surface area contributed by atoms with Crippen LogP contribution in [0.1, 0.15) is 40.0 Å². The van der Waals surface area contributed by atoms with Gasteiger partial charge in [-0.1, -0.05) is 20.8 Å². The Morgan fingerprint density at radius 2 is 1.25 bits per heavy atom. The Kier molecular flexibility index (Phi) is 5.85. The highest BCUT2D eigenvalue weighted by molar-refractivity contribution is 4.98. The van der Waals surface area contributed by atoms with Crippen LogP contribution in [0, 0.1) is 10.1 Å². The minimum atomic E-state index is -2.09. The predicted molar refractivity (Wildman–Crippen MR) is 58.6 cm³/mol. The van der Waals surface area contributed by atoms with Gasteiger partial charge in [0.15, 0.2) is 0 Å². The molecule has 0 aromatic rings. The van der Waals surface area contributed by atoms with Crippen molar-refractivity contribution in [2.45, 2.75) is 63.9 Å². The van der Waals surface area contributed by atoms with E-state index in [1.54, 1.807) is 20.8 Å². The van der Waals surface area contributed by atoms with E-state index in [0.717, 1.165) is 0 Å². The zero-order valence-electron chi connectivity index (χ0n) is 9.96. The number of hydrogen-bond acceptors (Lipinski definition) is 5. The molecule has 6 heteroatoms. The molecule has 3 N–H and O–H groups in total. The molecule has 0 aliphatic rings. The number of nitrogens with zero attached hydrogens (tertiary/aromatic N) is 1. The van der Waals surface area contributed by atoms with Crippen LogP contribution in [-0.4, -0.2) is 44.1 Å². The van der Waals surface area contributed by atoms with E-state index in [1.165, 1.54) is 0 Å². The molecular weight excluding hydrogens is 214 g/mol. The molecule has 0 spiro atoms. The van der Waals surface area contributed by atoms with Gasteiger partial charge in [0.05, 0.1) is 0 Å². The molecule has 0 radical (unpaired) electrons. The number of rotatable bonds is 7. The fraction of sp³-hybridized carbons (Fsp3) is 1.00. The van der Waals surface area contributed by atoms with Gasteiger partial charge in [0.1, 0.15) is 18.3 Å². The molecule has 0 saturated heterocycles. The summed E-state index contributed by atoms with van der Waals surface area (Å²) in [5.74, 6) is 0. The third-order valence-electron chi connectivity index (χ3n) is 3.08. The first-order chi connectivity index (χ1) is 7.39. The lowest BCUT2D eigenvalue weighted by Gasteiger charge is -2.36. The molecule has 6 nitrogen and oxygen atoms in total. The van der Waals surface area contributed by atoms with Gasteiger partial charge in [0.2, 0.25) is 0 Å². The maximum atomic E-state index is 11.1. The van der Waals surface area contributed by atoms with E-state index in [0.29, 0.717) is 0 Å². The van der Waals surface area contributed by atoms with E-state index in [1.807, 2.05) is 0 Å². The van der Waals surface area contributed by atoms with Crippen LogP contribution in [0.15, 0.2) is 0 Å². The fourth-order valence-electron chi connectivity index (χ4n) is 2.01. The molecule has 0 aromatic heterocycles. The molecule has 96 valence electrons. The van der Waals surface area contributed by atoms with Crippen LogP contribution in [0.25, 0.3) is 0 Å². The minimum Gasteiger partial charge on any atom is -0.385 e. The monoisotopic (exact) mass is 235 g/mol. The van der Waals surface area contributed by atoms with Crippen molar-refractivity contribution in [2.75, 3.05) is 0 Å². The van der Waals surface area contributed by atoms with Gasteiger partial charge >= 0.3 is 0 Å². The highest BCUT2D eigenvalue weighted by atomic mass is 16.6. The molecule has 0 fully saturated rings.